The lowest BCUT2D eigenvalue weighted by Gasteiger charge is -2.12. The molecule has 0 aliphatic heterocycles. The van der Waals surface area contributed by atoms with Gasteiger partial charge in [0.1, 0.15) is 0 Å². The molecular weight excluding hydrogens is 238 g/mol. The van der Waals surface area contributed by atoms with E-state index < -0.39 is 0 Å². The molecule has 0 aliphatic rings. The van der Waals surface area contributed by atoms with E-state index in [0.717, 1.165) is 20.4 Å². The Morgan fingerprint density at radius 3 is 2.47 bits per heavy atom. The molecule has 1 heterocycles. The van der Waals surface area contributed by atoms with Crippen LogP contribution in [0.1, 0.15) is 33.0 Å². The normalized spacial score (nSPS) is 10.4. The number of Topliss-reactive ketones (excluding diaryl/α,β-unsaturated/α-hetero) is 1. The second-order valence-electron chi connectivity index (χ2n) is 3.82. The van der Waals surface area contributed by atoms with Crippen LogP contribution in [-0.4, -0.2) is 30.9 Å². The maximum atomic E-state index is 11.9. The number of aryl methyl sites for hydroxylation is 2. The first-order chi connectivity index (χ1) is 7.95. The summed E-state index contributed by atoms with van der Waals surface area (Å²) in [5.74, 6) is -0.171. The van der Waals surface area contributed by atoms with Gasteiger partial charge in [0, 0.05) is 35.2 Å². The van der Waals surface area contributed by atoms with E-state index in [0.29, 0.717) is 0 Å². The fourth-order valence-electron chi connectivity index (χ4n) is 1.52. The minimum absolute atomic E-state index is 0.0182. The monoisotopic (exact) mass is 255 g/mol. The van der Waals surface area contributed by atoms with Gasteiger partial charge in [0.15, 0.2) is 5.78 Å². The summed E-state index contributed by atoms with van der Waals surface area (Å²) in [5, 5.41) is 1.14. The number of ketones is 1. The maximum absolute atomic E-state index is 11.9. The number of thiophene rings is 1. The quantitative estimate of drug-likeness (QED) is 0.599. The van der Waals surface area contributed by atoms with Gasteiger partial charge in [-0.25, -0.2) is 5.06 Å². The number of hydrogen-bond donors (Lipinski definition) is 0. The molecule has 5 heteroatoms. The van der Waals surface area contributed by atoms with Gasteiger partial charge >= 0.3 is 0 Å². The van der Waals surface area contributed by atoms with Crippen LogP contribution in [0.2, 0.25) is 0 Å². The molecule has 0 N–H and O–H groups in total. The number of rotatable bonds is 5. The lowest BCUT2D eigenvalue weighted by molar-refractivity contribution is -0.168. The van der Waals surface area contributed by atoms with Crippen LogP contribution in [0.15, 0.2) is 6.07 Å². The van der Waals surface area contributed by atoms with Crippen molar-refractivity contribution in [2.24, 2.45) is 0 Å². The highest BCUT2D eigenvalue weighted by molar-refractivity contribution is 7.12. The largest absolute Gasteiger partial charge is 0.294 e. The molecule has 0 radical (unpaired) electrons. The summed E-state index contributed by atoms with van der Waals surface area (Å²) >= 11 is 1.60. The molecule has 0 unspecified atom stereocenters. The third-order valence-corrected chi connectivity index (χ3v) is 3.50. The predicted molar refractivity (Wildman–Crippen MR) is 67.1 cm³/mol. The van der Waals surface area contributed by atoms with Crippen LogP contribution in [0.5, 0.6) is 0 Å². The van der Waals surface area contributed by atoms with Gasteiger partial charge in [-0.2, -0.15) is 0 Å². The van der Waals surface area contributed by atoms with Gasteiger partial charge < -0.3 is 0 Å². The standard InChI is InChI=1S/C12H17NO3S/c1-8-7-10(9(2)17-8)11(14)5-6-12(15)13(3)16-4/h7H,5-6H2,1-4H3. The highest BCUT2D eigenvalue weighted by atomic mass is 32.1. The number of carbonyl (C=O) groups is 2. The highest BCUT2D eigenvalue weighted by Gasteiger charge is 2.15. The van der Waals surface area contributed by atoms with E-state index in [1.807, 2.05) is 19.9 Å². The molecular formula is C12H17NO3S. The lowest BCUT2D eigenvalue weighted by Crippen LogP contribution is -2.25. The molecule has 1 amide bonds. The number of hydrogen-bond acceptors (Lipinski definition) is 4. The molecule has 0 bridgehead atoms. The van der Waals surface area contributed by atoms with E-state index in [9.17, 15) is 9.59 Å². The molecule has 0 spiro atoms. The second-order valence-corrected chi connectivity index (χ2v) is 5.28. The maximum Gasteiger partial charge on any atom is 0.246 e. The molecule has 0 aromatic carbocycles. The first-order valence-corrected chi connectivity index (χ1v) is 6.18. The molecule has 94 valence electrons. The van der Waals surface area contributed by atoms with Crippen molar-refractivity contribution >= 4 is 23.0 Å². The van der Waals surface area contributed by atoms with Gasteiger partial charge in [-0.05, 0) is 19.9 Å². The Morgan fingerprint density at radius 1 is 1.35 bits per heavy atom. The van der Waals surface area contributed by atoms with Crippen molar-refractivity contribution < 1.29 is 14.4 Å². The Balaban J connectivity index is 2.56. The van der Waals surface area contributed by atoms with Crippen molar-refractivity contribution in [3.63, 3.8) is 0 Å². The first kappa shape index (κ1) is 13.9. The van der Waals surface area contributed by atoms with Crippen molar-refractivity contribution in [3.05, 3.63) is 21.4 Å². The van der Waals surface area contributed by atoms with Crippen molar-refractivity contribution in [1.29, 1.82) is 0 Å². The molecule has 1 rings (SSSR count). The van der Waals surface area contributed by atoms with E-state index in [4.69, 9.17) is 4.84 Å². The summed E-state index contributed by atoms with van der Waals surface area (Å²) in [6.45, 7) is 3.90. The fourth-order valence-corrected chi connectivity index (χ4v) is 2.46. The van der Waals surface area contributed by atoms with Gasteiger partial charge in [0.2, 0.25) is 5.91 Å². The Kier molecular flexibility index (Phi) is 4.84. The van der Waals surface area contributed by atoms with Crippen LogP contribution >= 0.6 is 11.3 Å². The molecule has 0 atom stereocenters. The molecule has 1 aromatic rings. The van der Waals surface area contributed by atoms with Crippen molar-refractivity contribution in [3.8, 4) is 0 Å². The Bertz CT molecular complexity index is 425. The number of nitrogens with zero attached hydrogens (tertiary/aromatic N) is 1. The van der Waals surface area contributed by atoms with Crippen LogP contribution in [0.25, 0.3) is 0 Å². The highest BCUT2D eigenvalue weighted by Crippen LogP contribution is 2.22. The van der Waals surface area contributed by atoms with Crippen molar-refractivity contribution in [1.82, 2.24) is 5.06 Å². The molecule has 0 aliphatic carbocycles. The zero-order chi connectivity index (χ0) is 13.0. The summed E-state index contributed by atoms with van der Waals surface area (Å²) in [5.41, 5.74) is 0.736. The lowest BCUT2D eigenvalue weighted by atomic mass is 10.1. The summed E-state index contributed by atoms with van der Waals surface area (Å²) in [4.78, 5) is 30.2. The summed E-state index contributed by atoms with van der Waals surface area (Å²) in [6, 6.07) is 1.88. The average Bonchev–Trinajstić information content (AvgIpc) is 2.63. The van der Waals surface area contributed by atoms with Crippen LogP contribution in [0, 0.1) is 13.8 Å². The van der Waals surface area contributed by atoms with E-state index in [1.54, 1.807) is 11.3 Å². The SMILES string of the molecule is CON(C)C(=O)CCC(=O)c1cc(C)sc1C. The summed E-state index contributed by atoms with van der Waals surface area (Å²) in [6.07, 6.45) is 0.404. The average molecular weight is 255 g/mol. The molecule has 17 heavy (non-hydrogen) atoms. The predicted octanol–water partition coefficient (Wildman–Crippen LogP) is 2.35. The van der Waals surface area contributed by atoms with E-state index in [2.05, 4.69) is 0 Å². The van der Waals surface area contributed by atoms with Gasteiger partial charge in [0.25, 0.3) is 0 Å². The summed E-state index contributed by atoms with van der Waals surface area (Å²) < 4.78 is 0. The Hall–Kier alpha value is -1.20. The first-order valence-electron chi connectivity index (χ1n) is 5.36. The molecule has 0 fully saturated rings. The van der Waals surface area contributed by atoms with Crippen LogP contribution in [0.4, 0.5) is 0 Å². The van der Waals surface area contributed by atoms with Gasteiger partial charge in [0.05, 0.1) is 7.11 Å². The number of amides is 1. The van der Waals surface area contributed by atoms with Crippen LogP contribution in [0.3, 0.4) is 0 Å². The van der Waals surface area contributed by atoms with E-state index >= 15 is 0 Å². The number of hydroxylamine groups is 2. The van der Waals surface area contributed by atoms with Crippen molar-refractivity contribution in [2.75, 3.05) is 14.2 Å². The smallest absolute Gasteiger partial charge is 0.246 e. The fraction of sp³-hybridized carbons (Fsp3) is 0.500. The van der Waals surface area contributed by atoms with Gasteiger partial charge in [-0.3, -0.25) is 14.4 Å². The Morgan fingerprint density at radius 2 is 2.00 bits per heavy atom. The summed E-state index contributed by atoms with van der Waals surface area (Å²) in [7, 11) is 2.96. The van der Waals surface area contributed by atoms with Crippen molar-refractivity contribution in [2.45, 2.75) is 26.7 Å². The minimum atomic E-state index is -0.189. The minimum Gasteiger partial charge on any atom is -0.294 e. The molecule has 0 saturated carbocycles. The molecule has 0 saturated heterocycles. The molecule has 4 nitrogen and oxygen atoms in total. The van der Waals surface area contributed by atoms with E-state index in [-0.39, 0.29) is 24.5 Å². The zero-order valence-corrected chi connectivity index (χ0v) is 11.4. The van der Waals surface area contributed by atoms with Crippen LogP contribution < -0.4 is 0 Å². The van der Waals surface area contributed by atoms with Gasteiger partial charge in [-0.15, -0.1) is 11.3 Å². The van der Waals surface area contributed by atoms with Crippen LogP contribution in [-0.2, 0) is 9.63 Å². The second kappa shape index (κ2) is 5.93. The van der Waals surface area contributed by atoms with E-state index in [1.165, 1.54) is 14.2 Å². The topological polar surface area (TPSA) is 46.6 Å². The third kappa shape index (κ3) is 3.64. The zero-order valence-electron chi connectivity index (χ0n) is 10.6. The number of carbonyl (C=O) groups excluding carboxylic acids is 2. The third-order valence-electron chi connectivity index (χ3n) is 2.53. The van der Waals surface area contributed by atoms with Gasteiger partial charge in [-0.1, -0.05) is 0 Å². The molecule has 1 aromatic heterocycles. The Labute approximate surface area is 105 Å².